The molecule has 1 aliphatic rings. The number of carbonyl (C=O) groups is 1. The average Bonchev–Trinajstić information content (AvgIpc) is 2.42. The Hall–Kier alpha value is -0.420. The molecule has 0 atom stereocenters. The van der Waals surface area contributed by atoms with Crippen molar-refractivity contribution < 1.29 is 9.18 Å². The summed E-state index contributed by atoms with van der Waals surface area (Å²) in [4.78, 5) is 12.3. The summed E-state index contributed by atoms with van der Waals surface area (Å²) in [7, 11) is 0. The lowest BCUT2D eigenvalue weighted by atomic mass is 9.83. The smallest absolute Gasteiger partial charge is 0.254 e. The highest BCUT2D eigenvalue weighted by Crippen LogP contribution is 2.30. The van der Waals surface area contributed by atoms with Crippen LogP contribution in [0.2, 0.25) is 0 Å². The van der Waals surface area contributed by atoms with Crippen LogP contribution < -0.4 is 5.32 Å². The fourth-order valence-electron chi connectivity index (χ4n) is 2.50. The summed E-state index contributed by atoms with van der Waals surface area (Å²) in [5.74, 6) is -0.818. The zero-order valence-electron chi connectivity index (χ0n) is 10.5. The van der Waals surface area contributed by atoms with Crippen LogP contribution in [0.4, 0.5) is 4.39 Å². The van der Waals surface area contributed by atoms with Crippen LogP contribution in [-0.4, -0.2) is 16.8 Å². The lowest BCUT2D eigenvalue weighted by Gasteiger charge is -2.36. The zero-order chi connectivity index (χ0) is 13.9. The van der Waals surface area contributed by atoms with Gasteiger partial charge in [0.2, 0.25) is 0 Å². The summed E-state index contributed by atoms with van der Waals surface area (Å²) >= 11 is 6.75. The molecule has 0 spiro atoms. The van der Waals surface area contributed by atoms with Gasteiger partial charge in [-0.25, -0.2) is 4.39 Å². The Morgan fingerprint density at radius 3 is 2.63 bits per heavy atom. The van der Waals surface area contributed by atoms with Gasteiger partial charge in [0, 0.05) is 9.80 Å². The molecule has 0 heterocycles. The third kappa shape index (κ3) is 3.57. The molecule has 0 radical (unpaired) electrons. The Morgan fingerprint density at radius 1 is 1.32 bits per heavy atom. The molecule has 1 fully saturated rings. The predicted molar refractivity (Wildman–Crippen MR) is 81.2 cm³/mol. The zero-order valence-corrected chi connectivity index (χ0v) is 13.7. The first-order valence-corrected chi connectivity index (χ1v) is 8.31. The fraction of sp³-hybridized carbons (Fsp3) is 0.500. The molecule has 0 bridgehead atoms. The highest BCUT2D eigenvalue weighted by molar-refractivity contribution is 9.10. The highest BCUT2D eigenvalue weighted by atomic mass is 79.9. The Morgan fingerprint density at radius 2 is 2.00 bits per heavy atom. The number of hydrogen-bond donors (Lipinski definition) is 1. The Balaban J connectivity index is 2.17. The van der Waals surface area contributed by atoms with Gasteiger partial charge >= 0.3 is 0 Å². The first-order valence-electron chi connectivity index (χ1n) is 6.40. The number of halogens is 3. The van der Waals surface area contributed by atoms with Gasteiger partial charge in [-0.2, -0.15) is 0 Å². The lowest BCUT2D eigenvalue weighted by molar-refractivity contribution is 0.0882. The van der Waals surface area contributed by atoms with Crippen molar-refractivity contribution in [2.75, 3.05) is 5.33 Å². The van der Waals surface area contributed by atoms with Gasteiger partial charge in [-0.05, 0) is 31.0 Å². The van der Waals surface area contributed by atoms with Crippen molar-refractivity contribution in [2.45, 2.75) is 37.6 Å². The normalized spacial score (nSPS) is 18.1. The molecule has 1 aliphatic carbocycles. The monoisotopic (exact) mass is 391 g/mol. The van der Waals surface area contributed by atoms with E-state index in [0.717, 1.165) is 25.7 Å². The Labute approximate surface area is 129 Å². The van der Waals surface area contributed by atoms with E-state index in [1.165, 1.54) is 18.6 Å². The van der Waals surface area contributed by atoms with E-state index in [2.05, 4.69) is 37.2 Å². The van der Waals surface area contributed by atoms with Crippen molar-refractivity contribution in [3.8, 4) is 0 Å². The van der Waals surface area contributed by atoms with Gasteiger partial charge in [0.15, 0.2) is 0 Å². The van der Waals surface area contributed by atoms with Crippen molar-refractivity contribution in [1.82, 2.24) is 5.32 Å². The minimum Gasteiger partial charge on any atom is -0.346 e. The maximum Gasteiger partial charge on any atom is 0.254 e. The van der Waals surface area contributed by atoms with Gasteiger partial charge in [-0.1, -0.05) is 51.1 Å². The summed E-state index contributed by atoms with van der Waals surface area (Å²) in [5, 5.41) is 3.73. The van der Waals surface area contributed by atoms with E-state index in [0.29, 0.717) is 9.80 Å². The summed E-state index contributed by atoms with van der Waals surface area (Å²) in [6, 6.07) is 4.42. The number of carbonyl (C=O) groups excluding carboxylic acids is 1. The van der Waals surface area contributed by atoms with E-state index in [9.17, 15) is 9.18 Å². The summed E-state index contributed by atoms with van der Waals surface area (Å²) in [6.07, 6.45) is 5.30. The minimum atomic E-state index is -0.485. The minimum absolute atomic E-state index is 0.0975. The average molecular weight is 393 g/mol. The highest BCUT2D eigenvalue weighted by Gasteiger charge is 2.33. The number of alkyl halides is 1. The van der Waals surface area contributed by atoms with Crippen molar-refractivity contribution in [1.29, 1.82) is 0 Å². The number of benzene rings is 1. The molecule has 0 aliphatic heterocycles. The van der Waals surface area contributed by atoms with Crippen molar-refractivity contribution >= 4 is 37.8 Å². The molecule has 2 nitrogen and oxygen atoms in total. The van der Waals surface area contributed by atoms with Gasteiger partial charge in [0.1, 0.15) is 5.82 Å². The molecule has 104 valence electrons. The van der Waals surface area contributed by atoms with Crippen molar-refractivity contribution in [3.63, 3.8) is 0 Å². The van der Waals surface area contributed by atoms with E-state index >= 15 is 0 Å². The summed E-state index contributed by atoms with van der Waals surface area (Å²) < 4.78 is 14.4. The van der Waals surface area contributed by atoms with Crippen LogP contribution in [0.3, 0.4) is 0 Å². The molecule has 0 unspecified atom stereocenters. The van der Waals surface area contributed by atoms with E-state index in [4.69, 9.17) is 0 Å². The van der Waals surface area contributed by atoms with Crippen molar-refractivity contribution in [3.05, 3.63) is 34.1 Å². The van der Waals surface area contributed by atoms with Crippen LogP contribution in [0, 0.1) is 5.82 Å². The second-order valence-electron chi connectivity index (χ2n) is 5.05. The molecule has 1 aromatic carbocycles. The van der Waals surface area contributed by atoms with Crippen LogP contribution in [0.15, 0.2) is 22.7 Å². The molecule has 1 amide bonds. The number of amides is 1. The summed E-state index contributed by atoms with van der Waals surface area (Å²) in [5.41, 5.74) is -0.135. The first-order chi connectivity index (χ1) is 9.06. The molecule has 1 N–H and O–H groups in total. The molecule has 0 saturated heterocycles. The van der Waals surface area contributed by atoms with Crippen molar-refractivity contribution in [2.24, 2.45) is 0 Å². The van der Waals surface area contributed by atoms with Crippen LogP contribution in [0.5, 0.6) is 0 Å². The molecular formula is C14H16Br2FNO. The standard InChI is InChI=1S/C14H16Br2FNO/c15-9-14(6-2-1-3-7-14)18-13(19)11-8-10(16)4-5-12(11)17/h4-5,8H,1-3,6-7,9H2,(H,18,19). The maximum atomic E-state index is 13.7. The van der Waals surface area contributed by atoms with Crippen LogP contribution >= 0.6 is 31.9 Å². The molecule has 1 saturated carbocycles. The Bertz CT molecular complexity index is 473. The second-order valence-corrected chi connectivity index (χ2v) is 6.53. The molecular weight excluding hydrogens is 377 g/mol. The van der Waals surface area contributed by atoms with E-state index in [1.807, 2.05) is 0 Å². The third-order valence-electron chi connectivity index (χ3n) is 3.62. The largest absolute Gasteiger partial charge is 0.346 e. The lowest BCUT2D eigenvalue weighted by Crippen LogP contribution is -2.51. The number of rotatable bonds is 3. The third-order valence-corrected chi connectivity index (χ3v) is 5.18. The SMILES string of the molecule is O=C(NC1(CBr)CCCCC1)c1cc(Br)ccc1F. The molecule has 5 heteroatoms. The Kier molecular flexibility index (Phi) is 5.01. The first kappa shape index (κ1) is 15.0. The van der Waals surface area contributed by atoms with Gasteiger partial charge in [0.05, 0.1) is 11.1 Å². The maximum absolute atomic E-state index is 13.7. The molecule has 0 aromatic heterocycles. The molecule has 1 aromatic rings. The van der Waals surface area contributed by atoms with E-state index in [1.54, 1.807) is 6.07 Å². The van der Waals surface area contributed by atoms with Crippen LogP contribution in [0.1, 0.15) is 42.5 Å². The topological polar surface area (TPSA) is 29.1 Å². The van der Waals surface area contributed by atoms with Gasteiger partial charge in [-0.15, -0.1) is 0 Å². The quantitative estimate of drug-likeness (QED) is 0.758. The van der Waals surface area contributed by atoms with Gasteiger partial charge in [0.25, 0.3) is 5.91 Å². The molecule has 2 rings (SSSR count). The summed E-state index contributed by atoms with van der Waals surface area (Å²) in [6.45, 7) is 0. The van der Waals surface area contributed by atoms with Gasteiger partial charge < -0.3 is 5.32 Å². The predicted octanol–water partition coefficient (Wildman–Crippen LogP) is 4.42. The van der Waals surface area contributed by atoms with E-state index < -0.39 is 5.82 Å². The number of hydrogen-bond acceptors (Lipinski definition) is 1. The molecule has 19 heavy (non-hydrogen) atoms. The second kappa shape index (κ2) is 6.35. The van der Waals surface area contributed by atoms with Crippen LogP contribution in [-0.2, 0) is 0 Å². The number of nitrogens with one attached hydrogen (secondary N) is 1. The van der Waals surface area contributed by atoms with E-state index in [-0.39, 0.29) is 17.0 Å². The van der Waals surface area contributed by atoms with Gasteiger partial charge in [-0.3, -0.25) is 4.79 Å². The van der Waals surface area contributed by atoms with Crippen LogP contribution in [0.25, 0.3) is 0 Å². The fourth-order valence-corrected chi connectivity index (χ4v) is 3.56.